The zero-order valence-corrected chi connectivity index (χ0v) is 13.4. The van der Waals surface area contributed by atoms with E-state index in [0.29, 0.717) is 18.0 Å². The van der Waals surface area contributed by atoms with Crippen LogP contribution in [0.3, 0.4) is 0 Å². The number of aromatic nitrogens is 2. The number of nitrogens with zero attached hydrogens (tertiary/aromatic N) is 3. The van der Waals surface area contributed by atoms with E-state index in [2.05, 4.69) is 15.3 Å². The lowest BCUT2D eigenvalue weighted by Gasteiger charge is -2.28. The number of nitrogens with one attached hydrogen (secondary N) is 1. The van der Waals surface area contributed by atoms with Crippen molar-refractivity contribution in [3.63, 3.8) is 0 Å². The van der Waals surface area contributed by atoms with Crippen LogP contribution in [0, 0.1) is 0 Å². The summed E-state index contributed by atoms with van der Waals surface area (Å²) in [7, 11) is 3.61. The summed E-state index contributed by atoms with van der Waals surface area (Å²) in [6.45, 7) is 0.636. The fourth-order valence-corrected chi connectivity index (χ4v) is 2.37. The Morgan fingerprint density at radius 1 is 1.32 bits per heavy atom. The first kappa shape index (κ1) is 16.4. The number of carbonyl (C=O) groups is 1. The van der Waals surface area contributed by atoms with Gasteiger partial charge in [0.25, 0.3) is 0 Å². The van der Waals surface area contributed by atoms with E-state index in [9.17, 15) is 4.79 Å². The highest BCUT2D eigenvalue weighted by Gasteiger charge is 2.24. The van der Waals surface area contributed by atoms with E-state index >= 15 is 0 Å². The zero-order chi connectivity index (χ0) is 15.9. The fraction of sp³-hybridized carbons (Fsp3) is 0.312. The zero-order valence-electron chi connectivity index (χ0n) is 12.7. The molecule has 0 saturated carbocycles. The van der Waals surface area contributed by atoms with Crippen molar-refractivity contribution >= 4 is 17.5 Å². The molecule has 1 amide bonds. The molecule has 5 nitrogen and oxygen atoms in total. The second-order valence-corrected chi connectivity index (χ2v) is 5.38. The lowest BCUT2D eigenvalue weighted by Crippen LogP contribution is -2.34. The highest BCUT2D eigenvalue weighted by atomic mass is 35.5. The molecule has 0 aliphatic carbocycles. The number of benzene rings is 1. The van der Waals surface area contributed by atoms with Gasteiger partial charge in [-0.1, -0.05) is 23.7 Å². The Hall–Kier alpha value is -1.98. The molecular weight excluding hydrogens is 300 g/mol. The van der Waals surface area contributed by atoms with Crippen molar-refractivity contribution in [3.05, 3.63) is 59.1 Å². The minimum absolute atomic E-state index is 0.0416. The smallest absolute Gasteiger partial charge is 0.224 e. The molecule has 0 spiro atoms. The molecule has 6 heteroatoms. The van der Waals surface area contributed by atoms with Gasteiger partial charge in [0.1, 0.15) is 6.04 Å². The maximum atomic E-state index is 12.4. The van der Waals surface area contributed by atoms with E-state index in [0.717, 1.165) is 11.3 Å². The summed E-state index contributed by atoms with van der Waals surface area (Å²) in [6.07, 6.45) is 5.36. The minimum Gasteiger partial charge on any atom is -0.333 e. The first-order chi connectivity index (χ1) is 10.6. The van der Waals surface area contributed by atoms with Gasteiger partial charge in [-0.3, -0.25) is 14.8 Å². The molecule has 1 aromatic heterocycles. The molecule has 2 rings (SSSR count). The Labute approximate surface area is 135 Å². The van der Waals surface area contributed by atoms with Crippen LogP contribution in [0.15, 0.2) is 42.9 Å². The predicted molar refractivity (Wildman–Crippen MR) is 86.6 cm³/mol. The molecular formula is C16H19ClN4O. The number of halogens is 1. The summed E-state index contributed by atoms with van der Waals surface area (Å²) in [5.41, 5.74) is 1.68. The van der Waals surface area contributed by atoms with Crippen LogP contribution < -0.4 is 5.32 Å². The SMILES string of the molecule is CNCCC(=O)N(C)C(c1ccc(Cl)cc1)c1cnccn1. The van der Waals surface area contributed by atoms with E-state index in [4.69, 9.17) is 11.6 Å². The molecule has 1 atom stereocenters. The van der Waals surface area contributed by atoms with E-state index in [1.165, 1.54) is 0 Å². The lowest BCUT2D eigenvalue weighted by molar-refractivity contribution is -0.131. The third-order valence-electron chi connectivity index (χ3n) is 3.42. The van der Waals surface area contributed by atoms with Crippen LogP contribution in [0.1, 0.15) is 23.7 Å². The highest BCUT2D eigenvalue weighted by molar-refractivity contribution is 6.30. The van der Waals surface area contributed by atoms with Gasteiger partial charge in [-0.25, -0.2) is 0 Å². The second-order valence-electron chi connectivity index (χ2n) is 4.94. The Balaban J connectivity index is 2.33. The molecule has 116 valence electrons. The van der Waals surface area contributed by atoms with Crippen LogP contribution in [0.5, 0.6) is 0 Å². The van der Waals surface area contributed by atoms with Crippen LogP contribution in [0.2, 0.25) is 5.02 Å². The van der Waals surface area contributed by atoms with Crippen LogP contribution in [0.4, 0.5) is 0 Å². The number of rotatable bonds is 6. The molecule has 2 aromatic rings. The average molecular weight is 319 g/mol. The molecule has 1 aromatic carbocycles. The van der Waals surface area contributed by atoms with Crippen molar-refractivity contribution < 1.29 is 4.79 Å². The van der Waals surface area contributed by atoms with Gasteiger partial charge in [0.15, 0.2) is 0 Å². The van der Waals surface area contributed by atoms with Crippen molar-refractivity contribution in [1.82, 2.24) is 20.2 Å². The Morgan fingerprint density at radius 3 is 2.64 bits per heavy atom. The largest absolute Gasteiger partial charge is 0.333 e. The number of hydrogen-bond donors (Lipinski definition) is 1. The minimum atomic E-state index is -0.282. The van der Waals surface area contributed by atoms with Crippen LogP contribution >= 0.6 is 11.6 Å². The Kier molecular flexibility index (Phi) is 5.86. The predicted octanol–water partition coefficient (Wildman–Crippen LogP) is 2.29. The quantitative estimate of drug-likeness (QED) is 0.888. The number of hydrogen-bond acceptors (Lipinski definition) is 4. The van der Waals surface area contributed by atoms with E-state index in [-0.39, 0.29) is 11.9 Å². The third kappa shape index (κ3) is 4.02. The first-order valence-electron chi connectivity index (χ1n) is 7.05. The van der Waals surface area contributed by atoms with Gasteiger partial charge in [-0.05, 0) is 24.7 Å². The molecule has 0 saturated heterocycles. The highest BCUT2D eigenvalue weighted by Crippen LogP contribution is 2.27. The standard InChI is InChI=1S/C16H19ClN4O/c1-18-8-7-15(22)21(2)16(14-11-19-9-10-20-14)12-3-5-13(17)6-4-12/h3-6,9-11,16,18H,7-8H2,1-2H3. The monoisotopic (exact) mass is 318 g/mol. The molecule has 1 unspecified atom stereocenters. The molecule has 0 radical (unpaired) electrons. The summed E-state index contributed by atoms with van der Waals surface area (Å²) >= 11 is 5.96. The van der Waals surface area contributed by atoms with Gasteiger partial charge in [0.05, 0.1) is 11.9 Å². The molecule has 22 heavy (non-hydrogen) atoms. The maximum absolute atomic E-state index is 12.4. The summed E-state index contributed by atoms with van der Waals surface area (Å²) in [5, 5.41) is 3.64. The molecule has 1 heterocycles. The summed E-state index contributed by atoms with van der Waals surface area (Å²) < 4.78 is 0. The number of carbonyl (C=O) groups excluding carboxylic acids is 1. The second kappa shape index (κ2) is 7.87. The van der Waals surface area contributed by atoms with E-state index in [1.54, 1.807) is 30.5 Å². The van der Waals surface area contributed by atoms with Gasteiger partial charge in [-0.2, -0.15) is 0 Å². The first-order valence-corrected chi connectivity index (χ1v) is 7.43. The maximum Gasteiger partial charge on any atom is 0.224 e. The average Bonchev–Trinajstić information content (AvgIpc) is 2.55. The molecule has 0 bridgehead atoms. The Morgan fingerprint density at radius 2 is 2.05 bits per heavy atom. The summed E-state index contributed by atoms with van der Waals surface area (Å²) in [6, 6.07) is 7.15. The Bertz CT molecular complexity index is 603. The molecule has 1 N–H and O–H groups in total. The molecule has 0 aliphatic rings. The van der Waals surface area contributed by atoms with Crippen molar-refractivity contribution in [2.75, 3.05) is 20.6 Å². The van der Waals surface area contributed by atoms with Gasteiger partial charge in [0.2, 0.25) is 5.91 Å². The molecule has 0 fully saturated rings. The van der Waals surface area contributed by atoms with E-state index in [1.807, 2.05) is 31.3 Å². The van der Waals surface area contributed by atoms with Crippen molar-refractivity contribution in [1.29, 1.82) is 0 Å². The van der Waals surface area contributed by atoms with Crippen molar-refractivity contribution in [3.8, 4) is 0 Å². The number of amides is 1. The van der Waals surface area contributed by atoms with Gasteiger partial charge >= 0.3 is 0 Å². The van der Waals surface area contributed by atoms with Crippen molar-refractivity contribution in [2.24, 2.45) is 0 Å². The van der Waals surface area contributed by atoms with Gasteiger partial charge in [-0.15, -0.1) is 0 Å². The lowest BCUT2D eigenvalue weighted by atomic mass is 10.0. The van der Waals surface area contributed by atoms with E-state index < -0.39 is 0 Å². The summed E-state index contributed by atoms with van der Waals surface area (Å²) in [5.74, 6) is 0.0416. The van der Waals surface area contributed by atoms with Gasteiger partial charge < -0.3 is 10.2 Å². The van der Waals surface area contributed by atoms with Crippen LogP contribution in [-0.4, -0.2) is 41.4 Å². The fourth-order valence-electron chi connectivity index (χ4n) is 2.24. The molecule has 0 aliphatic heterocycles. The van der Waals surface area contributed by atoms with Gasteiger partial charge in [0, 0.05) is 37.4 Å². The normalized spacial score (nSPS) is 12.0. The third-order valence-corrected chi connectivity index (χ3v) is 3.67. The van der Waals surface area contributed by atoms with Crippen molar-refractivity contribution in [2.45, 2.75) is 12.5 Å². The van der Waals surface area contributed by atoms with Crippen LogP contribution in [0.25, 0.3) is 0 Å². The van der Waals surface area contributed by atoms with Crippen LogP contribution in [-0.2, 0) is 4.79 Å². The topological polar surface area (TPSA) is 58.1 Å². The summed E-state index contributed by atoms with van der Waals surface area (Å²) in [4.78, 5) is 22.5.